The fourth-order valence-electron chi connectivity index (χ4n) is 3.61. The monoisotopic (exact) mass is 431 g/mol. The van der Waals surface area contributed by atoms with Crippen molar-refractivity contribution in [3.05, 3.63) is 63.4 Å². The minimum atomic E-state index is -0.370. The van der Waals surface area contributed by atoms with Crippen LogP contribution >= 0.6 is 22.6 Å². The first-order valence-corrected chi connectivity index (χ1v) is 9.16. The van der Waals surface area contributed by atoms with Crippen LogP contribution in [-0.4, -0.2) is 10.5 Å². The number of carbonyl (C=O) groups excluding carboxylic acids is 1. The Bertz CT molecular complexity index is 945. The summed E-state index contributed by atoms with van der Waals surface area (Å²) in [6.45, 7) is 3.75. The Balaban J connectivity index is 1.92. The molecular weight excluding hydrogens is 413 g/mol. The average Bonchev–Trinajstić information content (AvgIpc) is 2.89. The molecule has 2 heterocycles. The summed E-state index contributed by atoms with van der Waals surface area (Å²) >= 11 is 2.30. The van der Waals surface area contributed by atoms with Gasteiger partial charge in [-0.2, -0.15) is 0 Å². The second kappa shape index (κ2) is 5.62. The molecule has 3 nitrogen and oxygen atoms in total. The zero-order valence-electron chi connectivity index (χ0n) is 13.7. The summed E-state index contributed by atoms with van der Waals surface area (Å²) in [6.07, 6.45) is 1.68. The van der Waals surface area contributed by atoms with Gasteiger partial charge in [0.15, 0.2) is 0 Å². The highest BCUT2D eigenvalue weighted by molar-refractivity contribution is 14.1. The molecule has 0 N–H and O–H groups in total. The SMILES string of the molecule is CC(=O)n1c2c(c3cc(I)ccc31)OC(C)(c1ccccc1)CC2. The third kappa shape index (κ3) is 2.35. The van der Waals surface area contributed by atoms with E-state index < -0.39 is 0 Å². The van der Waals surface area contributed by atoms with Gasteiger partial charge in [0.2, 0.25) is 5.91 Å². The molecule has 122 valence electrons. The van der Waals surface area contributed by atoms with Crippen molar-refractivity contribution in [2.75, 3.05) is 0 Å². The Morgan fingerprint density at radius 2 is 1.96 bits per heavy atom. The zero-order chi connectivity index (χ0) is 16.9. The zero-order valence-corrected chi connectivity index (χ0v) is 15.8. The lowest BCUT2D eigenvalue weighted by Crippen LogP contribution is -2.34. The van der Waals surface area contributed by atoms with Gasteiger partial charge in [-0.15, -0.1) is 0 Å². The summed E-state index contributed by atoms with van der Waals surface area (Å²) in [6, 6.07) is 16.5. The van der Waals surface area contributed by atoms with E-state index in [2.05, 4.69) is 47.7 Å². The topological polar surface area (TPSA) is 31.2 Å². The third-order valence-electron chi connectivity index (χ3n) is 4.84. The van der Waals surface area contributed by atoms with E-state index in [1.165, 1.54) is 5.56 Å². The van der Waals surface area contributed by atoms with E-state index in [0.29, 0.717) is 0 Å². The van der Waals surface area contributed by atoms with E-state index in [0.717, 1.165) is 38.8 Å². The van der Waals surface area contributed by atoms with Gasteiger partial charge >= 0.3 is 0 Å². The van der Waals surface area contributed by atoms with Gasteiger partial charge in [-0.3, -0.25) is 9.36 Å². The summed E-state index contributed by atoms with van der Waals surface area (Å²) in [5, 5.41) is 1.02. The number of halogens is 1. The molecule has 0 radical (unpaired) electrons. The number of ether oxygens (including phenoxy) is 1. The van der Waals surface area contributed by atoms with Crippen LogP contribution < -0.4 is 4.74 Å². The van der Waals surface area contributed by atoms with Crippen LogP contribution in [0.5, 0.6) is 5.75 Å². The largest absolute Gasteiger partial charge is 0.480 e. The second-order valence-corrected chi connectivity index (χ2v) is 7.74. The first kappa shape index (κ1) is 15.7. The van der Waals surface area contributed by atoms with Crippen LogP contribution in [0.1, 0.15) is 36.3 Å². The molecule has 0 aliphatic carbocycles. The molecule has 24 heavy (non-hydrogen) atoms. The molecule has 1 aliphatic heterocycles. The van der Waals surface area contributed by atoms with Gasteiger partial charge in [-0.25, -0.2) is 0 Å². The molecule has 3 aromatic rings. The van der Waals surface area contributed by atoms with Gasteiger partial charge in [0.25, 0.3) is 0 Å². The van der Waals surface area contributed by atoms with Crippen LogP contribution in [0.2, 0.25) is 0 Å². The molecule has 4 heteroatoms. The molecule has 4 rings (SSSR count). The lowest BCUT2D eigenvalue weighted by atomic mass is 9.88. The Morgan fingerprint density at radius 3 is 2.67 bits per heavy atom. The second-order valence-electron chi connectivity index (χ2n) is 6.49. The molecule has 1 atom stereocenters. The quantitative estimate of drug-likeness (QED) is 0.500. The van der Waals surface area contributed by atoms with Crippen molar-refractivity contribution in [3.8, 4) is 5.75 Å². The van der Waals surface area contributed by atoms with Crippen molar-refractivity contribution in [1.82, 2.24) is 4.57 Å². The Kier molecular flexibility index (Phi) is 3.67. The van der Waals surface area contributed by atoms with Gasteiger partial charge < -0.3 is 4.74 Å². The summed E-state index contributed by atoms with van der Waals surface area (Å²) in [7, 11) is 0. The smallest absolute Gasteiger partial charge is 0.228 e. The minimum Gasteiger partial charge on any atom is -0.480 e. The molecule has 1 aromatic heterocycles. The van der Waals surface area contributed by atoms with Crippen molar-refractivity contribution in [2.24, 2.45) is 0 Å². The highest BCUT2D eigenvalue weighted by Gasteiger charge is 2.37. The Labute approximate surface area is 154 Å². The van der Waals surface area contributed by atoms with Gasteiger partial charge in [-0.1, -0.05) is 30.3 Å². The van der Waals surface area contributed by atoms with Crippen molar-refractivity contribution < 1.29 is 9.53 Å². The fourth-order valence-corrected chi connectivity index (χ4v) is 4.10. The fraction of sp³-hybridized carbons (Fsp3) is 0.250. The molecule has 0 bridgehead atoms. The summed E-state index contributed by atoms with van der Waals surface area (Å²) in [4.78, 5) is 12.2. The van der Waals surface area contributed by atoms with E-state index in [-0.39, 0.29) is 11.5 Å². The van der Waals surface area contributed by atoms with Crippen LogP contribution in [0.25, 0.3) is 10.9 Å². The highest BCUT2D eigenvalue weighted by Crippen LogP contribution is 2.45. The van der Waals surface area contributed by atoms with Gasteiger partial charge in [0.1, 0.15) is 11.4 Å². The van der Waals surface area contributed by atoms with E-state index in [1.807, 2.05) is 34.9 Å². The van der Waals surface area contributed by atoms with Gasteiger partial charge in [-0.05, 0) is 66.1 Å². The number of benzene rings is 2. The standard InChI is InChI=1S/C20H18INO2/c1-13(23)22-17-9-8-15(21)12-16(17)19-18(22)10-11-20(2,24-19)14-6-4-3-5-7-14/h3-9,12H,10-11H2,1-2H3. The summed E-state index contributed by atoms with van der Waals surface area (Å²) in [5.74, 6) is 0.894. The highest BCUT2D eigenvalue weighted by atomic mass is 127. The normalized spacial score (nSPS) is 19.8. The van der Waals surface area contributed by atoms with E-state index in [4.69, 9.17) is 4.74 Å². The van der Waals surface area contributed by atoms with Crippen LogP contribution in [0.3, 0.4) is 0 Å². The number of nitrogens with zero attached hydrogens (tertiary/aromatic N) is 1. The van der Waals surface area contributed by atoms with Crippen molar-refractivity contribution in [1.29, 1.82) is 0 Å². The first-order chi connectivity index (χ1) is 11.5. The van der Waals surface area contributed by atoms with Crippen LogP contribution in [0.15, 0.2) is 48.5 Å². The van der Waals surface area contributed by atoms with Crippen LogP contribution in [0.4, 0.5) is 0 Å². The first-order valence-electron chi connectivity index (χ1n) is 8.08. The van der Waals surface area contributed by atoms with E-state index >= 15 is 0 Å². The molecule has 1 unspecified atom stereocenters. The number of hydrogen-bond acceptors (Lipinski definition) is 2. The van der Waals surface area contributed by atoms with Crippen molar-refractivity contribution >= 4 is 39.4 Å². The Hall–Kier alpha value is -1.82. The minimum absolute atomic E-state index is 0.0365. The van der Waals surface area contributed by atoms with Crippen LogP contribution in [-0.2, 0) is 12.0 Å². The Morgan fingerprint density at radius 1 is 1.21 bits per heavy atom. The lowest BCUT2D eigenvalue weighted by molar-refractivity contribution is 0.0619. The summed E-state index contributed by atoms with van der Waals surface area (Å²) in [5.41, 5.74) is 2.73. The van der Waals surface area contributed by atoms with Crippen molar-refractivity contribution in [2.45, 2.75) is 32.3 Å². The molecule has 0 spiro atoms. The molecular formula is C20H18INO2. The molecule has 1 aliphatic rings. The molecule has 0 fully saturated rings. The maximum Gasteiger partial charge on any atom is 0.228 e. The predicted octanol–water partition coefficient (Wildman–Crippen LogP) is 5.15. The molecule has 0 saturated heterocycles. The number of hydrogen-bond donors (Lipinski definition) is 0. The lowest BCUT2D eigenvalue weighted by Gasteiger charge is -2.35. The molecule has 0 amide bonds. The van der Waals surface area contributed by atoms with E-state index in [1.54, 1.807) is 6.92 Å². The number of fused-ring (bicyclic) bond motifs is 3. The maximum atomic E-state index is 12.2. The third-order valence-corrected chi connectivity index (χ3v) is 5.51. The van der Waals surface area contributed by atoms with Gasteiger partial charge in [0.05, 0.1) is 11.2 Å². The molecule has 0 saturated carbocycles. The van der Waals surface area contributed by atoms with Crippen molar-refractivity contribution in [3.63, 3.8) is 0 Å². The summed E-state index contributed by atoms with van der Waals surface area (Å²) < 4.78 is 9.48. The molecule has 2 aromatic carbocycles. The predicted molar refractivity (Wildman–Crippen MR) is 104 cm³/mol. The number of aromatic nitrogens is 1. The maximum absolute atomic E-state index is 12.2. The van der Waals surface area contributed by atoms with Gasteiger partial charge in [0, 0.05) is 15.9 Å². The number of rotatable bonds is 1. The van der Waals surface area contributed by atoms with E-state index in [9.17, 15) is 4.79 Å². The average molecular weight is 431 g/mol. The number of carbonyl (C=O) groups is 1. The van der Waals surface area contributed by atoms with Crippen LogP contribution in [0, 0.1) is 3.57 Å².